The Morgan fingerprint density at radius 1 is 1.11 bits per heavy atom. The van der Waals surface area contributed by atoms with E-state index in [9.17, 15) is 4.79 Å². The predicted molar refractivity (Wildman–Crippen MR) is 67.2 cm³/mol. The number of carbonyl (C=O) groups excluding carboxylic acids is 1. The van der Waals surface area contributed by atoms with Gasteiger partial charge in [-0.3, -0.25) is 0 Å². The predicted octanol–water partition coefficient (Wildman–Crippen LogP) is 2.77. The standard InChI is InChI=1S/C15H12O3/c1-11-3-5-12(6-4-11)7-8-13-9-10-14(18-13)15(16)17-2/h3-6,9-10H,1-2H3. The minimum absolute atomic E-state index is 0.158. The van der Waals surface area contributed by atoms with E-state index in [4.69, 9.17) is 4.42 Å². The molecule has 0 aliphatic heterocycles. The molecule has 0 atom stereocenters. The van der Waals surface area contributed by atoms with E-state index in [2.05, 4.69) is 16.6 Å². The zero-order valence-corrected chi connectivity index (χ0v) is 10.2. The van der Waals surface area contributed by atoms with Crippen LogP contribution in [0.15, 0.2) is 40.8 Å². The second-order valence-electron chi connectivity index (χ2n) is 3.77. The molecule has 0 amide bonds. The van der Waals surface area contributed by atoms with Crippen molar-refractivity contribution in [3.8, 4) is 11.8 Å². The molecule has 3 nitrogen and oxygen atoms in total. The lowest BCUT2D eigenvalue weighted by atomic mass is 10.1. The summed E-state index contributed by atoms with van der Waals surface area (Å²) in [7, 11) is 1.31. The molecule has 0 bridgehead atoms. The third-order valence-corrected chi connectivity index (χ3v) is 2.37. The molecule has 0 aliphatic carbocycles. The van der Waals surface area contributed by atoms with Crippen LogP contribution in [0.4, 0.5) is 0 Å². The van der Waals surface area contributed by atoms with Gasteiger partial charge >= 0.3 is 5.97 Å². The van der Waals surface area contributed by atoms with E-state index in [1.54, 1.807) is 12.1 Å². The van der Waals surface area contributed by atoms with E-state index in [1.807, 2.05) is 31.2 Å². The Morgan fingerprint density at radius 3 is 2.50 bits per heavy atom. The highest BCUT2D eigenvalue weighted by Gasteiger charge is 2.09. The molecule has 0 aliphatic rings. The van der Waals surface area contributed by atoms with Crippen LogP contribution in [0, 0.1) is 18.8 Å². The lowest BCUT2D eigenvalue weighted by Gasteiger charge is -1.92. The topological polar surface area (TPSA) is 39.4 Å². The van der Waals surface area contributed by atoms with Crippen molar-refractivity contribution in [2.24, 2.45) is 0 Å². The molecular formula is C15H12O3. The first kappa shape index (κ1) is 12.0. The van der Waals surface area contributed by atoms with Crippen LogP contribution in [0.1, 0.15) is 27.4 Å². The molecule has 0 saturated carbocycles. The van der Waals surface area contributed by atoms with Crippen LogP contribution in [-0.4, -0.2) is 13.1 Å². The molecule has 0 spiro atoms. The molecule has 2 aromatic rings. The number of ether oxygens (including phenoxy) is 1. The van der Waals surface area contributed by atoms with Crippen molar-refractivity contribution in [1.82, 2.24) is 0 Å². The molecule has 18 heavy (non-hydrogen) atoms. The number of hydrogen-bond donors (Lipinski definition) is 0. The van der Waals surface area contributed by atoms with Crippen molar-refractivity contribution < 1.29 is 13.9 Å². The van der Waals surface area contributed by atoms with Gasteiger partial charge in [0.25, 0.3) is 0 Å². The average Bonchev–Trinajstić information content (AvgIpc) is 2.86. The first-order valence-corrected chi connectivity index (χ1v) is 5.46. The van der Waals surface area contributed by atoms with E-state index in [0.29, 0.717) is 5.76 Å². The van der Waals surface area contributed by atoms with Crippen molar-refractivity contribution >= 4 is 5.97 Å². The van der Waals surface area contributed by atoms with Gasteiger partial charge in [0.15, 0.2) is 5.76 Å². The van der Waals surface area contributed by atoms with Crippen molar-refractivity contribution in [2.75, 3.05) is 7.11 Å². The van der Waals surface area contributed by atoms with Crippen molar-refractivity contribution in [1.29, 1.82) is 0 Å². The fourth-order valence-corrected chi connectivity index (χ4v) is 1.39. The first-order valence-electron chi connectivity index (χ1n) is 5.46. The Balaban J connectivity index is 2.17. The Bertz CT molecular complexity index is 609. The summed E-state index contributed by atoms with van der Waals surface area (Å²) in [6, 6.07) is 11.1. The number of aryl methyl sites for hydroxylation is 1. The van der Waals surface area contributed by atoms with Crippen LogP contribution in [-0.2, 0) is 4.74 Å². The first-order chi connectivity index (χ1) is 8.69. The number of methoxy groups -OCH3 is 1. The summed E-state index contributed by atoms with van der Waals surface area (Å²) in [5, 5.41) is 0. The van der Waals surface area contributed by atoms with Gasteiger partial charge in [-0.15, -0.1) is 0 Å². The van der Waals surface area contributed by atoms with E-state index in [1.165, 1.54) is 12.7 Å². The molecule has 1 aromatic heterocycles. The molecular weight excluding hydrogens is 228 g/mol. The molecule has 0 saturated heterocycles. The molecule has 0 fully saturated rings. The Labute approximate surface area is 105 Å². The van der Waals surface area contributed by atoms with Gasteiger partial charge in [0.05, 0.1) is 7.11 Å². The van der Waals surface area contributed by atoms with Gasteiger partial charge in [0.2, 0.25) is 5.76 Å². The van der Waals surface area contributed by atoms with Gasteiger partial charge in [0, 0.05) is 5.56 Å². The fourth-order valence-electron chi connectivity index (χ4n) is 1.39. The second kappa shape index (κ2) is 5.24. The number of carbonyl (C=O) groups is 1. The monoisotopic (exact) mass is 240 g/mol. The van der Waals surface area contributed by atoms with E-state index < -0.39 is 5.97 Å². The number of esters is 1. The van der Waals surface area contributed by atoms with E-state index >= 15 is 0 Å². The minimum Gasteiger partial charge on any atom is -0.463 e. The smallest absolute Gasteiger partial charge is 0.374 e. The third kappa shape index (κ3) is 2.80. The summed E-state index contributed by atoms with van der Waals surface area (Å²) in [5.74, 6) is 5.92. The maximum atomic E-state index is 11.2. The SMILES string of the molecule is COC(=O)c1ccc(C#Cc2ccc(C)cc2)o1. The second-order valence-corrected chi connectivity index (χ2v) is 3.77. The van der Waals surface area contributed by atoms with Crippen LogP contribution < -0.4 is 0 Å². The highest BCUT2D eigenvalue weighted by Crippen LogP contribution is 2.08. The van der Waals surface area contributed by atoms with Gasteiger partial charge in [-0.05, 0) is 37.1 Å². The fraction of sp³-hybridized carbons (Fsp3) is 0.133. The van der Waals surface area contributed by atoms with E-state index in [-0.39, 0.29) is 5.76 Å². The maximum absolute atomic E-state index is 11.2. The van der Waals surface area contributed by atoms with Gasteiger partial charge in [-0.25, -0.2) is 4.79 Å². The normalized spacial score (nSPS) is 9.44. The summed E-state index contributed by atoms with van der Waals surface area (Å²) >= 11 is 0. The van der Waals surface area contributed by atoms with Gasteiger partial charge in [-0.1, -0.05) is 23.6 Å². The molecule has 1 aromatic carbocycles. The third-order valence-electron chi connectivity index (χ3n) is 2.37. The van der Waals surface area contributed by atoms with Crippen LogP contribution in [0.25, 0.3) is 0 Å². The molecule has 2 rings (SSSR count). The number of rotatable bonds is 1. The molecule has 90 valence electrons. The Morgan fingerprint density at radius 2 is 1.83 bits per heavy atom. The highest BCUT2D eigenvalue weighted by molar-refractivity contribution is 5.86. The van der Waals surface area contributed by atoms with E-state index in [0.717, 1.165) is 5.56 Å². The summed E-state index contributed by atoms with van der Waals surface area (Å²) in [4.78, 5) is 11.2. The lowest BCUT2D eigenvalue weighted by molar-refractivity contribution is 0.0564. The van der Waals surface area contributed by atoms with Crippen LogP contribution in [0.3, 0.4) is 0 Å². The Hall–Kier alpha value is -2.47. The van der Waals surface area contributed by atoms with Gasteiger partial charge in [0.1, 0.15) is 0 Å². The van der Waals surface area contributed by atoms with Gasteiger partial charge < -0.3 is 9.15 Å². The van der Waals surface area contributed by atoms with Crippen molar-refractivity contribution in [3.05, 3.63) is 59.0 Å². The highest BCUT2D eigenvalue weighted by atomic mass is 16.5. The van der Waals surface area contributed by atoms with Crippen LogP contribution in [0.2, 0.25) is 0 Å². The summed E-state index contributed by atoms with van der Waals surface area (Å²) in [6.07, 6.45) is 0. The molecule has 0 unspecified atom stereocenters. The van der Waals surface area contributed by atoms with Crippen molar-refractivity contribution in [3.63, 3.8) is 0 Å². The number of benzene rings is 1. The quantitative estimate of drug-likeness (QED) is 0.568. The van der Waals surface area contributed by atoms with Crippen LogP contribution >= 0.6 is 0 Å². The number of furan rings is 1. The molecule has 3 heteroatoms. The largest absolute Gasteiger partial charge is 0.463 e. The minimum atomic E-state index is -0.501. The maximum Gasteiger partial charge on any atom is 0.374 e. The molecule has 0 N–H and O–H groups in total. The molecule has 0 radical (unpaired) electrons. The number of hydrogen-bond acceptors (Lipinski definition) is 3. The van der Waals surface area contributed by atoms with Gasteiger partial charge in [-0.2, -0.15) is 0 Å². The van der Waals surface area contributed by atoms with Crippen molar-refractivity contribution in [2.45, 2.75) is 6.92 Å². The molecule has 1 heterocycles. The lowest BCUT2D eigenvalue weighted by Crippen LogP contribution is -1.98. The average molecular weight is 240 g/mol. The Kier molecular flexibility index (Phi) is 3.49. The van der Waals surface area contributed by atoms with Crippen LogP contribution in [0.5, 0.6) is 0 Å². The zero-order valence-electron chi connectivity index (χ0n) is 10.2. The summed E-state index contributed by atoms with van der Waals surface area (Å²) < 4.78 is 9.78. The zero-order chi connectivity index (χ0) is 13.0. The summed E-state index contributed by atoms with van der Waals surface area (Å²) in [5.41, 5.74) is 2.09. The summed E-state index contributed by atoms with van der Waals surface area (Å²) in [6.45, 7) is 2.02.